The van der Waals surface area contributed by atoms with Gasteiger partial charge >= 0.3 is 0 Å². The molecule has 0 aliphatic carbocycles. The molecular formula is C13H28N2O. The Kier molecular flexibility index (Phi) is 6.65. The molecule has 0 heterocycles. The van der Waals surface area contributed by atoms with Gasteiger partial charge in [0.15, 0.2) is 0 Å². The summed E-state index contributed by atoms with van der Waals surface area (Å²) in [4.78, 5) is 14.2. The highest BCUT2D eigenvalue weighted by atomic mass is 16.2. The second-order valence-electron chi connectivity index (χ2n) is 5.68. The molecule has 0 radical (unpaired) electrons. The molecule has 0 saturated carbocycles. The molecular weight excluding hydrogens is 200 g/mol. The summed E-state index contributed by atoms with van der Waals surface area (Å²) in [6.07, 6.45) is 0. The zero-order valence-electron chi connectivity index (χ0n) is 11.7. The van der Waals surface area contributed by atoms with Gasteiger partial charge in [-0.1, -0.05) is 34.6 Å². The van der Waals surface area contributed by atoms with Gasteiger partial charge in [-0.15, -0.1) is 0 Å². The third-order valence-electron chi connectivity index (χ3n) is 2.66. The monoisotopic (exact) mass is 228 g/mol. The summed E-state index contributed by atoms with van der Waals surface area (Å²) >= 11 is 0. The number of hydrogen-bond acceptors (Lipinski definition) is 2. The summed E-state index contributed by atoms with van der Waals surface area (Å²) in [5.41, 5.74) is 5.79. The van der Waals surface area contributed by atoms with Gasteiger partial charge in [0.1, 0.15) is 0 Å². The normalized spacial score (nSPS) is 15.3. The van der Waals surface area contributed by atoms with Gasteiger partial charge in [-0.25, -0.2) is 0 Å². The molecule has 0 aromatic heterocycles. The maximum atomic E-state index is 12.2. The van der Waals surface area contributed by atoms with Crippen LogP contribution in [-0.2, 0) is 4.79 Å². The topological polar surface area (TPSA) is 46.3 Å². The lowest BCUT2D eigenvalue weighted by Gasteiger charge is -2.30. The van der Waals surface area contributed by atoms with Crippen LogP contribution in [0.15, 0.2) is 0 Å². The van der Waals surface area contributed by atoms with Crippen LogP contribution in [0.3, 0.4) is 0 Å². The van der Waals surface area contributed by atoms with Gasteiger partial charge in [0, 0.05) is 19.1 Å². The summed E-state index contributed by atoms with van der Waals surface area (Å²) < 4.78 is 0. The average molecular weight is 228 g/mol. The zero-order valence-corrected chi connectivity index (χ0v) is 11.7. The lowest BCUT2D eigenvalue weighted by molar-refractivity contribution is -0.136. The lowest BCUT2D eigenvalue weighted by atomic mass is 10.0. The first-order chi connectivity index (χ1) is 7.25. The summed E-state index contributed by atoms with van der Waals surface area (Å²) in [5, 5.41) is 0. The molecule has 2 unspecified atom stereocenters. The Bertz CT molecular complexity index is 202. The van der Waals surface area contributed by atoms with Crippen LogP contribution in [0.1, 0.15) is 41.5 Å². The number of hydrogen-bond donors (Lipinski definition) is 1. The van der Waals surface area contributed by atoms with Crippen molar-refractivity contribution in [3.8, 4) is 0 Å². The van der Waals surface area contributed by atoms with Crippen LogP contribution in [-0.4, -0.2) is 29.9 Å². The Labute approximate surface area is 100 Å². The molecule has 3 nitrogen and oxygen atoms in total. The average Bonchev–Trinajstić information content (AvgIpc) is 2.12. The Morgan fingerprint density at radius 1 is 1.00 bits per heavy atom. The van der Waals surface area contributed by atoms with E-state index in [1.165, 1.54) is 0 Å². The molecule has 2 N–H and O–H groups in total. The number of carbonyl (C=O) groups is 1. The number of nitrogens with two attached hydrogens (primary N) is 1. The fourth-order valence-electron chi connectivity index (χ4n) is 1.65. The number of rotatable bonds is 6. The summed E-state index contributed by atoms with van der Waals surface area (Å²) in [7, 11) is 0. The van der Waals surface area contributed by atoms with Crippen molar-refractivity contribution in [2.45, 2.75) is 47.6 Å². The molecule has 0 bridgehead atoms. The van der Waals surface area contributed by atoms with E-state index in [0.717, 1.165) is 13.1 Å². The SMILES string of the molecule is CC(C)CN(CC(C)C)C(=O)C(C)C(C)N. The molecule has 0 aliphatic heterocycles. The predicted octanol–water partition coefficient (Wildman–Crippen LogP) is 2.11. The number of amides is 1. The molecule has 0 aliphatic rings. The summed E-state index contributed by atoms with van der Waals surface area (Å²) in [6.45, 7) is 14.0. The van der Waals surface area contributed by atoms with Gasteiger partial charge < -0.3 is 10.6 Å². The molecule has 16 heavy (non-hydrogen) atoms. The highest BCUT2D eigenvalue weighted by molar-refractivity contribution is 5.79. The first-order valence-electron chi connectivity index (χ1n) is 6.30. The molecule has 3 heteroatoms. The van der Waals surface area contributed by atoms with E-state index in [1.807, 2.05) is 18.7 Å². The van der Waals surface area contributed by atoms with Gasteiger partial charge in [0.05, 0.1) is 5.92 Å². The van der Waals surface area contributed by atoms with E-state index in [1.54, 1.807) is 0 Å². The third kappa shape index (κ3) is 5.50. The van der Waals surface area contributed by atoms with E-state index in [2.05, 4.69) is 27.7 Å². The summed E-state index contributed by atoms with van der Waals surface area (Å²) in [5.74, 6) is 1.11. The smallest absolute Gasteiger partial charge is 0.226 e. The van der Waals surface area contributed by atoms with Crippen LogP contribution in [0.25, 0.3) is 0 Å². The summed E-state index contributed by atoms with van der Waals surface area (Å²) in [6, 6.07) is -0.0747. The Balaban J connectivity index is 4.55. The lowest BCUT2D eigenvalue weighted by Crippen LogP contribution is -2.44. The second-order valence-corrected chi connectivity index (χ2v) is 5.68. The Morgan fingerprint density at radius 3 is 1.62 bits per heavy atom. The molecule has 0 spiro atoms. The minimum absolute atomic E-state index is 0.0747. The van der Waals surface area contributed by atoms with Gasteiger partial charge in [0.25, 0.3) is 0 Å². The largest absolute Gasteiger partial charge is 0.342 e. The van der Waals surface area contributed by atoms with Crippen molar-refractivity contribution in [1.82, 2.24) is 4.90 Å². The quantitative estimate of drug-likeness (QED) is 0.757. The van der Waals surface area contributed by atoms with Crippen molar-refractivity contribution >= 4 is 5.91 Å². The van der Waals surface area contributed by atoms with E-state index in [9.17, 15) is 4.79 Å². The zero-order chi connectivity index (χ0) is 12.9. The first kappa shape index (κ1) is 15.4. The van der Waals surface area contributed by atoms with Gasteiger partial charge in [-0.3, -0.25) is 4.79 Å². The molecule has 0 rings (SSSR count). The van der Waals surface area contributed by atoms with Crippen LogP contribution >= 0.6 is 0 Å². The Hall–Kier alpha value is -0.570. The first-order valence-corrected chi connectivity index (χ1v) is 6.30. The maximum Gasteiger partial charge on any atom is 0.226 e. The number of nitrogens with zero attached hydrogens (tertiary/aromatic N) is 1. The van der Waals surface area contributed by atoms with Crippen molar-refractivity contribution < 1.29 is 4.79 Å². The van der Waals surface area contributed by atoms with Gasteiger partial charge in [0.2, 0.25) is 5.91 Å². The minimum atomic E-state index is -0.0856. The van der Waals surface area contributed by atoms with Crippen molar-refractivity contribution in [3.05, 3.63) is 0 Å². The van der Waals surface area contributed by atoms with Crippen LogP contribution < -0.4 is 5.73 Å². The molecule has 1 amide bonds. The van der Waals surface area contributed by atoms with Gasteiger partial charge in [-0.2, -0.15) is 0 Å². The van der Waals surface area contributed by atoms with Crippen molar-refractivity contribution in [3.63, 3.8) is 0 Å². The third-order valence-corrected chi connectivity index (χ3v) is 2.66. The predicted molar refractivity (Wildman–Crippen MR) is 69.1 cm³/mol. The van der Waals surface area contributed by atoms with Crippen molar-refractivity contribution in [1.29, 1.82) is 0 Å². The number of carbonyl (C=O) groups excluding carboxylic acids is 1. The van der Waals surface area contributed by atoms with E-state index < -0.39 is 0 Å². The van der Waals surface area contributed by atoms with Crippen LogP contribution in [0.2, 0.25) is 0 Å². The molecule has 0 fully saturated rings. The van der Waals surface area contributed by atoms with E-state index in [0.29, 0.717) is 11.8 Å². The Morgan fingerprint density at radius 2 is 1.38 bits per heavy atom. The van der Waals surface area contributed by atoms with E-state index in [4.69, 9.17) is 5.73 Å². The highest BCUT2D eigenvalue weighted by Gasteiger charge is 2.24. The van der Waals surface area contributed by atoms with Crippen molar-refractivity contribution in [2.75, 3.05) is 13.1 Å². The molecule has 0 saturated heterocycles. The van der Waals surface area contributed by atoms with Gasteiger partial charge in [-0.05, 0) is 18.8 Å². The van der Waals surface area contributed by atoms with Crippen LogP contribution in [0.4, 0.5) is 0 Å². The highest BCUT2D eigenvalue weighted by Crippen LogP contribution is 2.11. The fraction of sp³-hybridized carbons (Fsp3) is 0.923. The standard InChI is InChI=1S/C13H28N2O/c1-9(2)7-15(8-10(3)4)13(16)11(5)12(6)14/h9-12H,7-8,14H2,1-6H3. The maximum absolute atomic E-state index is 12.2. The molecule has 96 valence electrons. The minimum Gasteiger partial charge on any atom is -0.342 e. The van der Waals surface area contributed by atoms with E-state index >= 15 is 0 Å². The molecule has 0 aromatic carbocycles. The molecule has 0 aromatic rings. The van der Waals surface area contributed by atoms with E-state index in [-0.39, 0.29) is 17.9 Å². The van der Waals surface area contributed by atoms with Crippen molar-refractivity contribution in [2.24, 2.45) is 23.5 Å². The van der Waals surface area contributed by atoms with Crippen LogP contribution in [0.5, 0.6) is 0 Å². The molecule has 2 atom stereocenters. The second kappa shape index (κ2) is 6.89. The van der Waals surface area contributed by atoms with Crippen LogP contribution in [0, 0.1) is 17.8 Å². The fourth-order valence-corrected chi connectivity index (χ4v) is 1.65.